The van der Waals surface area contributed by atoms with E-state index in [1.807, 2.05) is 6.07 Å². The SMILES string of the molecule is COC1CC(n2c(C3CC3)nc3cccc(C(=O)O)c32)C1. The van der Waals surface area contributed by atoms with Crippen molar-refractivity contribution in [2.75, 3.05) is 7.11 Å². The van der Waals surface area contributed by atoms with Gasteiger partial charge in [0.05, 0.1) is 22.7 Å². The monoisotopic (exact) mass is 286 g/mol. The molecule has 0 spiro atoms. The van der Waals surface area contributed by atoms with E-state index in [0.29, 0.717) is 17.5 Å². The van der Waals surface area contributed by atoms with Crippen LogP contribution < -0.4 is 0 Å². The maximum atomic E-state index is 11.5. The van der Waals surface area contributed by atoms with Crippen LogP contribution >= 0.6 is 0 Å². The highest BCUT2D eigenvalue weighted by atomic mass is 16.5. The summed E-state index contributed by atoms with van der Waals surface area (Å²) in [7, 11) is 1.73. The second-order valence-electron chi connectivity index (χ2n) is 6.08. The highest BCUT2D eigenvalue weighted by Crippen LogP contribution is 2.45. The molecule has 0 aliphatic heterocycles. The molecule has 5 nitrogen and oxygen atoms in total. The Hall–Kier alpha value is -1.88. The molecule has 2 aliphatic rings. The second-order valence-corrected chi connectivity index (χ2v) is 6.08. The summed E-state index contributed by atoms with van der Waals surface area (Å²) in [5, 5.41) is 9.48. The average molecular weight is 286 g/mol. The summed E-state index contributed by atoms with van der Waals surface area (Å²) >= 11 is 0. The third-order valence-corrected chi connectivity index (χ3v) is 4.68. The Morgan fingerprint density at radius 1 is 1.38 bits per heavy atom. The molecule has 0 unspecified atom stereocenters. The predicted octanol–water partition coefficient (Wildman–Crippen LogP) is 2.96. The number of imidazole rings is 1. The van der Waals surface area contributed by atoms with Gasteiger partial charge in [0.15, 0.2) is 0 Å². The molecule has 0 saturated heterocycles. The van der Waals surface area contributed by atoms with Crippen molar-refractivity contribution >= 4 is 17.0 Å². The van der Waals surface area contributed by atoms with Crippen LogP contribution in [0.25, 0.3) is 11.0 Å². The summed E-state index contributed by atoms with van der Waals surface area (Å²) in [6.07, 6.45) is 4.49. The average Bonchev–Trinajstić information content (AvgIpc) is 3.19. The number of para-hydroxylation sites is 1. The summed E-state index contributed by atoms with van der Waals surface area (Å²) in [6.45, 7) is 0. The Bertz CT molecular complexity index is 712. The normalized spacial score (nSPS) is 25.0. The third kappa shape index (κ3) is 1.95. The Balaban J connectivity index is 1.88. The Morgan fingerprint density at radius 2 is 2.14 bits per heavy atom. The van der Waals surface area contributed by atoms with Gasteiger partial charge in [-0.1, -0.05) is 6.07 Å². The summed E-state index contributed by atoms with van der Waals surface area (Å²) in [5.41, 5.74) is 1.94. The second kappa shape index (κ2) is 4.56. The summed E-state index contributed by atoms with van der Waals surface area (Å²) in [4.78, 5) is 16.3. The van der Waals surface area contributed by atoms with Crippen LogP contribution in [0.3, 0.4) is 0 Å². The van der Waals surface area contributed by atoms with Crippen LogP contribution in [-0.2, 0) is 4.74 Å². The minimum atomic E-state index is -0.883. The number of aromatic carboxylic acids is 1. The lowest BCUT2D eigenvalue weighted by Gasteiger charge is -2.36. The molecule has 0 bridgehead atoms. The molecular weight excluding hydrogens is 268 g/mol. The number of ether oxygens (including phenoxy) is 1. The van der Waals surface area contributed by atoms with Crippen LogP contribution in [0.15, 0.2) is 18.2 Å². The highest BCUT2D eigenvalue weighted by molar-refractivity contribution is 6.01. The molecule has 1 aromatic carbocycles. The van der Waals surface area contributed by atoms with Gasteiger partial charge in [-0.2, -0.15) is 0 Å². The lowest BCUT2D eigenvalue weighted by Crippen LogP contribution is -2.33. The molecule has 1 aromatic heterocycles. The number of nitrogens with zero attached hydrogens (tertiary/aromatic N) is 2. The zero-order valence-corrected chi connectivity index (χ0v) is 12.0. The number of aromatic nitrogens is 2. The van der Waals surface area contributed by atoms with Gasteiger partial charge >= 0.3 is 5.97 Å². The number of rotatable bonds is 4. The predicted molar refractivity (Wildman–Crippen MR) is 77.7 cm³/mol. The van der Waals surface area contributed by atoms with E-state index in [0.717, 1.165) is 42.5 Å². The van der Waals surface area contributed by atoms with E-state index in [9.17, 15) is 9.90 Å². The van der Waals surface area contributed by atoms with Gasteiger partial charge in [0.25, 0.3) is 0 Å². The zero-order valence-electron chi connectivity index (χ0n) is 12.0. The molecule has 0 radical (unpaired) electrons. The molecule has 2 fully saturated rings. The number of methoxy groups -OCH3 is 1. The lowest BCUT2D eigenvalue weighted by molar-refractivity contribution is 0.00654. The first-order valence-corrected chi connectivity index (χ1v) is 7.46. The molecule has 1 heterocycles. The van der Waals surface area contributed by atoms with E-state index in [4.69, 9.17) is 9.72 Å². The minimum Gasteiger partial charge on any atom is -0.478 e. The topological polar surface area (TPSA) is 64.4 Å². The van der Waals surface area contributed by atoms with Gasteiger partial charge in [-0.15, -0.1) is 0 Å². The summed E-state index contributed by atoms with van der Waals surface area (Å²) in [5.74, 6) is 0.686. The molecule has 21 heavy (non-hydrogen) atoms. The van der Waals surface area contributed by atoms with Crippen LogP contribution in [-0.4, -0.2) is 33.8 Å². The molecule has 1 N–H and O–H groups in total. The molecule has 2 aliphatic carbocycles. The van der Waals surface area contributed by atoms with Crippen LogP contribution in [0.5, 0.6) is 0 Å². The highest BCUT2D eigenvalue weighted by Gasteiger charge is 2.38. The van der Waals surface area contributed by atoms with Crippen molar-refractivity contribution in [3.8, 4) is 0 Å². The summed E-state index contributed by atoms with van der Waals surface area (Å²) in [6, 6.07) is 5.68. The Labute approximate surface area is 122 Å². The fourth-order valence-electron chi connectivity index (χ4n) is 3.28. The van der Waals surface area contributed by atoms with Crippen molar-refractivity contribution < 1.29 is 14.6 Å². The van der Waals surface area contributed by atoms with E-state index in [-0.39, 0.29) is 6.10 Å². The van der Waals surface area contributed by atoms with Crippen LogP contribution in [0.1, 0.15) is 53.8 Å². The number of carboxylic acid groups (broad SMARTS) is 1. The van der Waals surface area contributed by atoms with Gasteiger partial charge in [0, 0.05) is 19.1 Å². The van der Waals surface area contributed by atoms with E-state index < -0.39 is 5.97 Å². The van der Waals surface area contributed by atoms with Gasteiger partial charge in [0.1, 0.15) is 5.82 Å². The van der Waals surface area contributed by atoms with Crippen molar-refractivity contribution in [3.63, 3.8) is 0 Å². The van der Waals surface area contributed by atoms with E-state index in [2.05, 4.69) is 4.57 Å². The first-order chi connectivity index (χ1) is 10.2. The molecule has 5 heteroatoms. The van der Waals surface area contributed by atoms with Crippen LogP contribution in [0.2, 0.25) is 0 Å². The first-order valence-electron chi connectivity index (χ1n) is 7.46. The Kier molecular flexibility index (Phi) is 2.79. The molecule has 110 valence electrons. The number of carboxylic acids is 1. The minimum absolute atomic E-state index is 0.288. The molecule has 2 aromatic rings. The van der Waals surface area contributed by atoms with Crippen molar-refractivity contribution in [2.45, 2.75) is 43.7 Å². The molecular formula is C16H18N2O3. The number of benzene rings is 1. The smallest absolute Gasteiger partial charge is 0.337 e. The van der Waals surface area contributed by atoms with E-state index >= 15 is 0 Å². The number of hydrogen-bond donors (Lipinski definition) is 1. The number of carbonyl (C=O) groups is 1. The van der Waals surface area contributed by atoms with Gasteiger partial charge in [0.2, 0.25) is 0 Å². The van der Waals surface area contributed by atoms with Gasteiger partial charge < -0.3 is 14.4 Å². The molecule has 0 amide bonds. The van der Waals surface area contributed by atoms with Crippen molar-refractivity contribution in [1.29, 1.82) is 0 Å². The van der Waals surface area contributed by atoms with Crippen molar-refractivity contribution in [1.82, 2.24) is 9.55 Å². The standard InChI is InChI=1S/C16H18N2O3/c1-21-11-7-10(8-11)18-14-12(16(19)20)3-2-4-13(14)17-15(18)9-5-6-9/h2-4,9-11H,5-8H2,1H3,(H,19,20). The van der Waals surface area contributed by atoms with Crippen LogP contribution in [0, 0.1) is 0 Å². The molecule has 4 rings (SSSR count). The summed E-state index contributed by atoms with van der Waals surface area (Å²) < 4.78 is 7.56. The molecule has 2 saturated carbocycles. The first kappa shape index (κ1) is 12.8. The van der Waals surface area contributed by atoms with E-state index in [1.54, 1.807) is 19.2 Å². The van der Waals surface area contributed by atoms with Gasteiger partial charge in [-0.25, -0.2) is 9.78 Å². The zero-order chi connectivity index (χ0) is 14.6. The molecule has 0 atom stereocenters. The fraction of sp³-hybridized carbons (Fsp3) is 0.500. The van der Waals surface area contributed by atoms with Crippen molar-refractivity contribution in [2.24, 2.45) is 0 Å². The van der Waals surface area contributed by atoms with Crippen LogP contribution in [0.4, 0.5) is 0 Å². The van der Waals surface area contributed by atoms with Gasteiger partial charge in [-0.3, -0.25) is 0 Å². The third-order valence-electron chi connectivity index (χ3n) is 4.68. The quantitative estimate of drug-likeness (QED) is 0.938. The largest absolute Gasteiger partial charge is 0.478 e. The number of fused-ring (bicyclic) bond motifs is 1. The van der Waals surface area contributed by atoms with Gasteiger partial charge in [-0.05, 0) is 37.8 Å². The lowest BCUT2D eigenvalue weighted by atomic mass is 9.88. The van der Waals surface area contributed by atoms with E-state index in [1.165, 1.54) is 0 Å². The number of hydrogen-bond acceptors (Lipinski definition) is 3. The Morgan fingerprint density at radius 3 is 2.76 bits per heavy atom. The maximum Gasteiger partial charge on any atom is 0.337 e. The van der Waals surface area contributed by atoms with Crippen molar-refractivity contribution in [3.05, 3.63) is 29.6 Å². The fourth-order valence-corrected chi connectivity index (χ4v) is 3.28. The maximum absolute atomic E-state index is 11.5.